The second-order valence-corrected chi connectivity index (χ2v) is 7.49. The van der Waals surface area contributed by atoms with Crippen LogP contribution in [-0.4, -0.2) is 32.8 Å². The molecule has 0 unspecified atom stereocenters. The van der Waals surface area contributed by atoms with Crippen LogP contribution in [0.15, 0.2) is 50.4 Å². The van der Waals surface area contributed by atoms with E-state index in [0.29, 0.717) is 27.2 Å². The van der Waals surface area contributed by atoms with E-state index in [2.05, 4.69) is 52.7 Å². The Kier molecular flexibility index (Phi) is 6.30. The smallest absolute Gasteiger partial charge is 0.216 e. The highest BCUT2D eigenvalue weighted by Crippen LogP contribution is 2.30. The lowest BCUT2D eigenvalue weighted by molar-refractivity contribution is 0.340. The van der Waals surface area contributed by atoms with E-state index in [0.717, 1.165) is 15.8 Å². The van der Waals surface area contributed by atoms with Crippen molar-refractivity contribution in [2.75, 3.05) is 12.1 Å². The largest absolute Gasteiger partial charge is 0.506 e. The number of hydrogen-bond acceptors (Lipinski definition) is 6. The normalized spacial score (nSPS) is 11.1. The van der Waals surface area contributed by atoms with Crippen LogP contribution in [0, 0.1) is 4.77 Å². The van der Waals surface area contributed by atoms with Gasteiger partial charge in [-0.15, -0.1) is 0 Å². The zero-order valence-corrected chi connectivity index (χ0v) is 18.1. The maximum absolute atomic E-state index is 10.1. The maximum atomic E-state index is 10.1. The lowest BCUT2D eigenvalue weighted by atomic mass is 10.2. The molecule has 0 saturated heterocycles. The fourth-order valence-corrected chi connectivity index (χ4v) is 3.72. The van der Waals surface area contributed by atoms with Gasteiger partial charge in [0.25, 0.3) is 0 Å². The minimum absolute atomic E-state index is 0.0891. The third kappa shape index (κ3) is 4.57. The van der Waals surface area contributed by atoms with E-state index in [1.165, 1.54) is 10.9 Å². The number of phenols is 1. The van der Waals surface area contributed by atoms with Gasteiger partial charge in [0.15, 0.2) is 5.82 Å². The number of benzene rings is 2. The van der Waals surface area contributed by atoms with Crippen molar-refractivity contribution >= 4 is 50.3 Å². The van der Waals surface area contributed by atoms with Gasteiger partial charge in [0.1, 0.15) is 11.5 Å². The zero-order chi connectivity index (χ0) is 19.4. The number of hydrazone groups is 1. The Balaban J connectivity index is 1.84. The summed E-state index contributed by atoms with van der Waals surface area (Å²) in [4.78, 5) is 0. The summed E-state index contributed by atoms with van der Waals surface area (Å²) < 4.78 is 8.71. The number of hydrogen-bond donors (Lipinski definition) is 3. The highest BCUT2D eigenvalue weighted by Gasteiger charge is 2.09. The molecule has 0 saturated carbocycles. The molecule has 7 nitrogen and oxygen atoms in total. The predicted octanol–water partition coefficient (Wildman–Crippen LogP) is 4.81. The second-order valence-electron chi connectivity index (χ2n) is 5.33. The number of nitrogens with one attached hydrogen (secondary N) is 2. The first-order valence-electron chi connectivity index (χ1n) is 7.87. The summed E-state index contributed by atoms with van der Waals surface area (Å²) in [6.45, 7) is 2.54. The van der Waals surface area contributed by atoms with Crippen molar-refractivity contribution < 1.29 is 9.84 Å². The van der Waals surface area contributed by atoms with Gasteiger partial charge >= 0.3 is 0 Å². The number of halogens is 2. The van der Waals surface area contributed by atoms with E-state index < -0.39 is 0 Å². The number of H-pyrrole nitrogens is 1. The second kappa shape index (κ2) is 8.68. The quantitative estimate of drug-likeness (QED) is 0.250. The van der Waals surface area contributed by atoms with Crippen LogP contribution in [0.1, 0.15) is 12.5 Å². The number of rotatable bonds is 6. The maximum Gasteiger partial charge on any atom is 0.216 e. The number of phenolic OH excluding ortho intramolecular Hbond substituents is 1. The van der Waals surface area contributed by atoms with Crippen LogP contribution in [0.5, 0.6) is 11.5 Å². The molecule has 0 aliphatic rings. The van der Waals surface area contributed by atoms with Gasteiger partial charge in [-0.05, 0) is 71.5 Å². The van der Waals surface area contributed by atoms with Gasteiger partial charge in [-0.3, -0.25) is 0 Å². The first-order chi connectivity index (χ1) is 13.0. The summed E-state index contributed by atoms with van der Waals surface area (Å²) in [5.74, 6) is 1.44. The van der Waals surface area contributed by atoms with E-state index >= 15 is 0 Å². The van der Waals surface area contributed by atoms with Crippen molar-refractivity contribution in [3.05, 3.63) is 55.7 Å². The van der Waals surface area contributed by atoms with E-state index in [-0.39, 0.29) is 5.75 Å². The van der Waals surface area contributed by atoms with Crippen LogP contribution in [0.4, 0.5) is 0 Å². The third-order valence-electron chi connectivity index (χ3n) is 3.51. The number of aromatic hydroxyl groups is 1. The molecular formula is C17H15Br2N5O2S. The molecule has 10 heteroatoms. The van der Waals surface area contributed by atoms with Crippen LogP contribution in [0.3, 0.4) is 0 Å². The number of nitrogens with zero attached hydrogens (tertiary/aromatic N) is 3. The third-order valence-corrected chi connectivity index (χ3v) is 4.85. The topological polar surface area (TPSA) is 87.5 Å². The number of ether oxygens (including phenoxy) is 1. The summed E-state index contributed by atoms with van der Waals surface area (Å²) in [5, 5.41) is 21.2. The molecule has 3 rings (SSSR count). The van der Waals surface area contributed by atoms with Crippen LogP contribution in [0.2, 0.25) is 0 Å². The highest BCUT2D eigenvalue weighted by molar-refractivity contribution is 9.11. The summed E-state index contributed by atoms with van der Waals surface area (Å²) in [7, 11) is 0. The molecule has 1 heterocycles. The monoisotopic (exact) mass is 511 g/mol. The summed E-state index contributed by atoms with van der Waals surface area (Å²) in [6.07, 6.45) is 1.49. The Bertz CT molecular complexity index is 1030. The molecule has 140 valence electrons. The first kappa shape index (κ1) is 19.6. The molecule has 0 aliphatic heterocycles. The molecule has 0 bridgehead atoms. The molecule has 3 N–H and O–H groups in total. The van der Waals surface area contributed by atoms with Crippen molar-refractivity contribution in [2.45, 2.75) is 6.92 Å². The van der Waals surface area contributed by atoms with E-state index in [9.17, 15) is 5.11 Å². The predicted molar refractivity (Wildman–Crippen MR) is 114 cm³/mol. The molecule has 0 radical (unpaired) electrons. The fourth-order valence-electron chi connectivity index (χ4n) is 2.29. The number of aromatic amines is 1. The molecule has 3 aromatic rings. The minimum atomic E-state index is 0.0891. The van der Waals surface area contributed by atoms with Crippen LogP contribution in [-0.2, 0) is 0 Å². The van der Waals surface area contributed by atoms with Gasteiger partial charge in [-0.1, -0.05) is 15.9 Å². The molecule has 0 aliphatic carbocycles. The van der Waals surface area contributed by atoms with Crippen molar-refractivity contribution in [1.29, 1.82) is 0 Å². The average molecular weight is 513 g/mol. The van der Waals surface area contributed by atoms with Crippen molar-refractivity contribution in [3.8, 4) is 22.9 Å². The molecular weight excluding hydrogens is 498 g/mol. The standard InChI is InChI=1S/C17H15Br2N5O2S/c1-2-26-13-5-3-10(4-6-13)16-21-22-17(27)24(16)23-20-9-11-7-12(18)8-14(19)15(11)25/h3-9,23,25H,2H2,1H3,(H,22,27)/b20-9+. The SMILES string of the molecule is CCOc1ccc(-c2n[nH]c(=S)n2N/N=C/c2cc(Br)cc(Br)c2O)cc1. The molecule has 1 aromatic heterocycles. The van der Waals surface area contributed by atoms with Gasteiger partial charge in [0.05, 0.1) is 17.3 Å². The van der Waals surface area contributed by atoms with Gasteiger partial charge in [0, 0.05) is 15.6 Å². The fraction of sp³-hybridized carbons (Fsp3) is 0.118. The molecule has 0 fully saturated rings. The lowest BCUT2D eigenvalue weighted by Crippen LogP contribution is -2.10. The summed E-state index contributed by atoms with van der Waals surface area (Å²) in [6, 6.07) is 11.0. The average Bonchev–Trinajstić information content (AvgIpc) is 3.01. The summed E-state index contributed by atoms with van der Waals surface area (Å²) in [5.41, 5.74) is 4.19. The van der Waals surface area contributed by atoms with Gasteiger partial charge in [0.2, 0.25) is 4.77 Å². The molecule has 2 aromatic carbocycles. The lowest BCUT2D eigenvalue weighted by Gasteiger charge is -2.07. The van der Waals surface area contributed by atoms with E-state index in [4.69, 9.17) is 17.0 Å². The van der Waals surface area contributed by atoms with Crippen molar-refractivity contribution in [3.63, 3.8) is 0 Å². The Morgan fingerprint density at radius 1 is 1.33 bits per heavy atom. The Morgan fingerprint density at radius 3 is 2.78 bits per heavy atom. The Hall–Kier alpha value is -2.17. The first-order valence-corrected chi connectivity index (χ1v) is 9.86. The molecule has 0 spiro atoms. The van der Waals surface area contributed by atoms with E-state index in [1.807, 2.05) is 31.2 Å². The van der Waals surface area contributed by atoms with Gasteiger partial charge in [-0.25, -0.2) is 10.6 Å². The van der Waals surface area contributed by atoms with Crippen LogP contribution < -0.4 is 10.3 Å². The zero-order valence-electron chi connectivity index (χ0n) is 14.1. The molecule has 27 heavy (non-hydrogen) atoms. The van der Waals surface area contributed by atoms with Gasteiger partial charge < -0.3 is 9.84 Å². The molecule has 0 amide bonds. The number of aromatic nitrogens is 3. The summed E-state index contributed by atoms with van der Waals surface area (Å²) >= 11 is 11.9. The van der Waals surface area contributed by atoms with E-state index in [1.54, 1.807) is 12.1 Å². The van der Waals surface area contributed by atoms with Gasteiger partial charge in [-0.2, -0.15) is 14.9 Å². The molecule has 0 atom stereocenters. The van der Waals surface area contributed by atoms with Crippen LogP contribution in [0.25, 0.3) is 11.4 Å². The van der Waals surface area contributed by atoms with Crippen LogP contribution >= 0.6 is 44.1 Å². The Labute approximate surface area is 177 Å². The highest BCUT2D eigenvalue weighted by atomic mass is 79.9. The van der Waals surface area contributed by atoms with Crippen molar-refractivity contribution in [2.24, 2.45) is 5.10 Å². The Morgan fingerprint density at radius 2 is 2.07 bits per heavy atom. The van der Waals surface area contributed by atoms with Crippen molar-refractivity contribution in [1.82, 2.24) is 14.9 Å². The minimum Gasteiger partial charge on any atom is -0.506 e.